The summed E-state index contributed by atoms with van der Waals surface area (Å²) in [6, 6.07) is 8.43. The van der Waals surface area contributed by atoms with E-state index in [0.717, 1.165) is 31.2 Å². The first-order valence-corrected chi connectivity index (χ1v) is 5.92. The van der Waals surface area contributed by atoms with Gasteiger partial charge in [-0.15, -0.1) is 0 Å². The van der Waals surface area contributed by atoms with E-state index in [1.807, 2.05) is 6.07 Å². The van der Waals surface area contributed by atoms with Crippen molar-refractivity contribution in [2.24, 2.45) is 5.41 Å². The molecule has 0 saturated heterocycles. The fraction of sp³-hybridized carbons (Fsp3) is 0.571. The Morgan fingerprint density at radius 2 is 2.13 bits per heavy atom. The second-order valence-corrected chi connectivity index (χ2v) is 5.05. The molecule has 0 amide bonds. The molecule has 1 N–H and O–H groups in total. The van der Waals surface area contributed by atoms with Crippen molar-refractivity contribution in [3.8, 4) is 0 Å². The molecule has 1 aromatic rings. The van der Waals surface area contributed by atoms with Crippen molar-refractivity contribution >= 4 is 0 Å². The van der Waals surface area contributed by atoms with Crippen molar-refractivity contribution in [1.82, 2.24) is 0 Å². The van der Waals surface area contributed by atoms with Gasteiger partial charge in [-0.25, -0.2) is 0 Å². The number of aliphatic hydroxyl groups is 1. The molecule has 0 bridgehead atoms. The van der Waals surface area contributed by atoms with Gasteiger partial charge in [-0.2, -0.15) is 0 Å². The maximum Gasteiger partial charge on any atom is 0.0843 e. The van der Waals surface area contributed by atoms with Crippen molar-refractivity contribution < 1.29 is 5.11 Å². The van der Waals surface area contributed by atoms with Crippen LogP contribution >= 0.6 is 0 Å². The highest BCUT2D eigenvalue weighted by molar-refractivity contribution is 5.27. The minimum absolute atomic E-state index is 0.158. The number of rotatable bonds is 4. The van der Waals surface area contributed by atoms with E-state index >= 15 is 0 Å². The number of aryl methyl sites for hydroxylation is 1. The maximum absolute atomic E-state index is 10.2. The van der Waals surface area contributed by atoms with Crippen molar-refractivity contribution in [2.45, 2.75) is 45.6 Å². The summed E-state index contributed by atoms with van der Waals surface area (Å²) in [6.45, 7) is 4.36. The van der Waals surface area contributed by atoms with Crippen LogP contribution in [0.1, 0.15) is 50.3 Å². The predicted molar refractivity (Wildman–Crippen MR) is 62.7 cm³/mol. The minimum atomic E-state index is -0.269. The van der Waals surface area contributed by atoms with Gasteiger partial charge >= 0.3 is 0 Å². The standard InChI is InChI=1S/C14H20O/c1-3-5-11-6-4-7-12(10-11)13(15)14(2)8-9-14/h4,6-7,10,13,15H,3,5,8-9H2,1-2H3. The Labute approximate surface area is 92.1 Å². The first-order chi connectivity index (χ1) is 7.15. The Morgan fingerprint density at radius 3 is 2.73 bits per heavy atom. The largest absolute Gasteiger partial charge is 0.388 e. The molecule has 1 heteroatoms. The van der Waals surface area contributed by atoms with Crippen LogP contribution in [0.15, 0.2) is 24.3 Å². The number of benzene rings is 1. The van der Waals surface area contributed by atoms with Crippen LogP contribution in [0.4, 0.5) is 0 Å². The Hall–Kier alpha value is -0.820. The van der Waals surface area contributed by atoms with Gasteiger partial charge in [0.05, 0.1) is 6.10 Å². The van der Waals surface area contributed by atoms with Gasteiger partial charge in [0.2, 0.25) is 0 Å². The maximum atomic E-state index is 10.2. The van der Waals surface area contributed by atoms with E-state index in [-0.39, 0.29) is 11.5 Å². The Kier molecular flexibility index (Phi) is 2.83. The molecule has 1 saturated carbocycles. The third-order valence-corrected chi connectivity index (χ3v) is 3.50. The SMILES string of the molecule is CCCc1cccc(C(O)C2(C)CC2)c1. The molecule has 1 aliphatic carbocycles. The van der Waals surface area contributed by atoms with Gasteiger partial charge in [0.25, 0.3) is 0 Å². The topological polar surface area (TPSA) is 20.2 Å². The van der Waals surface area contributed by atoms with Crippen LogP contribution in [0, 0.1) is 5.41 Å². The van der Waals surface area contributed by atoms with Gasteiger partial charge in [-0.3, -0.25) is 0 Å². The minimum Gasteiger partial charge on any atom is -0.388 e. The Balaban J connectivity index is 2.17. The molecule has 0 aromatic heterocycles. The van der Waals surface area contributed by atoms with E-state index in [2.05, 4.69) is 32.0 Å². The summed E-state index contributed by atoms with van der Waals surface area (Å²) in [5.41, 5.74) is 2.60. The smallest absolute Gasteiger partial charge is 0.0843 e. The summed E-state index contributed by atoms with van der Waals surface area (Å²) < 4.78 is 0. The zero-order valence-corrected chi connectivity index (χ0v) is 9.66. The van der Waals surface area contributed by atoms with E-state index < -0.39 is 0 Å². The summed E-state index contributed by atoms with van der Waals surface area (Å²) >= 11 is 0. The third kappa shape index (κ3) is 2.23. The summed E-state index contributed by atoms with van der Waals surface area (Å²) in [5, 5.41) is 10.2. The lowest BCUT2D eigenvalue weighted by Crippen LogP contribution is -2.09. The van der Waals surface area contributed by atoms with E-state index in [4.69, 9.17) is 0 Å². The van der Waals surface area contributed by atoms with Gasteiger partial charge in [-0.05, 0) is 35.8 Å². The van der Waals surface area contributed by atoms with Crippen molar-refractivity contribution in [3.63, 3.8) is 0 Å². The molecule has 2 rings (SSSR count). The molecule has 1 atom stereocenters. The van der Waals surface area contributed by atoms with Gasteiger partial charge in [-0.1, -0.05) is 44.5 Å². The molecule has 15 heavy (non-hydrogen) atoms. The normalized spacial score (nSPS) is 19.9. The van der Waals surface area contributed by atoms with Gasteiger partial charge in [0.1, 0.15) is 0 Å². The average molecular weight is 204 g/mol. The summed E-state index contributed by atoms with van der Waals surface area (Å²) in [5.74, 6) is 0. The first-order valence-electron chi connectivity index (χ1n) is 5.92. The molecule has 1 fully saturated rings. The van der Waals surface area contributed by atoms with E-state index in [0.29, 0.717) is 0 Å². The fourth-order valence-corrected chi connectivity index (χ4v) is 2.08. The molecule has 1 aromatic carbocycles. The summed E-state index contributed by atoms with van der Waals surface area (Å²) in [4.78, 5) is 0. The van der Waals surface area contributed by atoms with Crippen LogP contribution in [-0.2, 0) is 6.42 Å². The lowest BCUT2D eigenvalue weighted by molar-refractivity contribution is 0.103. The summed E-state index contributed by atoms with van der Waals surface area (Å²) in [6.07, 6.45) is 4.32. The second-order valence-electron chi connectivity index (χ2n) is 5.05. The van der Waals surface area contributed by atoms with E-state index in [1.165, 1.54) is 5.56 Å². The fourth-order valence-electron chi connectivity index (χ4n) is 2.08. The quantitative estimate of drug-likeness (QED) is 0.796. The molecule has 0 spiro atoms. The van der Waals surface area contributed by atoms with Crippen LogP contribution < -0.4 is 0 Å². The average Bonchev–Trinajstić information content (AvgIpc) is 2.98. The highest BCUT2D eigenvalue weighted by Crippen LogP contribution is 2.54. The molecule has 82 valence electrons. The molecule has 0 radical (unpaired) electrons. The lowest BCUT2D eigenvalue weighted by atomic mass is 9.93. The van der Waals surface area contributed by atoms with Crippen molar-refractivity contribution in [3.05, 3.63) is 35.4 Å². The number of aliphatic hydroxyl groups excluding tert-OH is 1. The highest BCUT2D eigenvalue weighted by Gasteiger charge is 2.44. The third-order valence-electron chi connectivity index (χ3n) is 3.50. The molecule has 0 aliphatic heterocycles. The number of hydrogen-bond acceptors (Lipinski definition) is 1. The molecule has 0 heterocycles. The Morgan fingerprint density at radius 1 is 1.40 bits per heavy atom. The van der Waals surface area contributed by atoms with Crippen LogP contribution in [0.5, 0.6) is 0 Å². The Bertz CT molecular complexity index is 339. The second kappa shape index (κ2) is 3.97. The zero-order chi connectivity index (χ0) is 10.9. The molecular formula is C14H20O. The van der Waals surface area contributed by atoms with Crippen molar-refractivity contribution in [1.29, 1.82) is 0 Å². The van der Waals surface area contributed by atoms with Crippen LogP contribution in [0.2, 0.25) is 0 Å². The molecular weight excluding hydrogens is 184 g/mol. The van der Waals surface area contributed by atoms with Gasteiger partial charge in [0.15, 0.2) is 0 Å². The van der Waals surface area contributed by atoms with Gasteiger partial charge < -0.3 is 5.11 Å². The van der Waals surface area contributed by atoms with Crippen LogP contribution in [0.25, 0.3) is 0 Å². The van der Waals surface area contributed by atoms with E-state index in [9.17, 15) is 5.11 Å². The monoisotopic (exact) mass is 204 g/mol. The first kappa shape index (κ1) is 10.7. The van der Waals surface area contributed by atoms with Crippen LogP contribution in [-0.4, -0.2) is 5.11 Å². The molecule has 1 nitrogen and oxygen atoms in total. The van der Waals surface area contributed by atoms with Gasteiger partial charge in [0, 0.05) is 0 Å². The zero-order valence-electron chi connectivity index (χ0n) is 9.66. The van der Waals surface area contributed by atoms with Crippen LogP contribution in [0.3, 0.4) is 0 Å². The number of hydrogen-bond donors (Lipinski definition) is 1. The van der Waals surface area contributed by atoms with E-state index in [1.54, 1.807) is 0 Å². The highest BCUT2D eigenvalue weighted by atomic mass is 16.3. The molecule has 1 aliphatic rings. The van der Waals surface area contributed by atoms with Crippen molar-refractivity contribution in [2.75, 3.05) is 0 Å². The summed E-state index contributed by atoms with van der Waals surface area (Å²) in [7, 11) is 0. The lowest BCUT2D eigenvalue weighted by Gasteiger charge is -2.18. The predicted octanol–water partition coefficient (Wildman–Crippen LogP) is 3.47. The molecule has 1 unspecified atom stereocenters.